The Hall–Kier alpha value is -3.33. The summed E-state index contributed by atoms with van der Waals surface area (Å²) in [6, 6.07) is 9.72. The largest absolute Gasteiger partial charge is 1.00 e. The van der Waals surface area contributed by atoms with Crippen LogP contribution in [0.4, 0.5) is 22.9 Å². The number of nitrogens with two attached hydrogens (primary N) is 1. The molecule has 0 radical (unpaired) electrons. The predicted molar refractivity (Wildman–Crippen MR) is 90.6 cm³/mol. The van der Waals surface area contributed by atoms with Crippen LogP contribution in [-0.4, -0.2) is 14.7 Å². The fraction of sp³-hybridized carbons (Fsp3) is 0.125. The maximum Gasteiger partial charge on any atom is 0.269 e. The lowest BCUT2D eigenvalue weighted by molar-refractivity contribution is -0.671. The minimum Gasteiger partial charge on any atom is -1.00 e. The minimum absolute atomic E-state index is 0. The van der Waals surface area contributed by atoms with E-state index in [1.54, 1.807) is 4.68 Å². The van der Waals surface area contributed by atoms with Gasteiger partial charge in [-0.05, 0) is 18.2 Å². The molecule has 2 N–H and O–H groups in total. The Kier molecular flexibility index (Phi) is 5.97. The van der Waals surface area contributed by atoms with Crippen LogP contribution in [0.2, 0.25) is 0 Å². The number of hydrogen-bond donors (Lipinski definition) is 1. The summed E-state index contributed by atoms with van der Waals surface area (Å²) in [5, 5.41) is 23.0. The van der Waals surface area contributed by atoms with Crippen molar-refractivity contribution in [1.82, 2.24) is 9.78 Å². The molecule has 10 heteroatoms. The standard InChI is InChI=1S/C16H16N7O2.ClH/c1-21-8-2-3-12(10-21)11-22-16(17)15(9-18-22)20-19-13-4-6-14(7-5-13)23(24)25;/h2-10H,11,17H2,1H3;1H/q+1;/p-1. The lowest BCUT2D eigenvalue weighted by Gasteiger charge is -2.02. The highest BCUT2D eigenvalue weighted by molar-refractivity contribution is 5.56. The molecule has 9 nitrogen and oxygen atoms in total. The Labute approximate surface area is 155 Å². The van der Waals surface area contributed by atoms with E-state index in [0.717, 1.165) is 5.56 Å². The molecule has 0 aliphatic carbocycles. The van der Waals surface area contributed by atoms with Gasteiger partial charge < -0.3 is 18.1 Å². The molecular weight excluding hydrogens is 358 g/mol. The molecule has 134 valence electrons. The fourth-order valence-electron chi connectivity index (χ4n) is 2.26. The Balaban J connectivity index is 0.00000243. The van der Waals surface area contributed by atoms with Crippen LogP contribution in [0.1, 0.15) is 5.56 Å². The third kappa shape index (κ3) is 4.39. The van der Waals surface area contributed by atoms with Gasteiger partial charge in [-0.25, -0.2) is 9.25 Å². The Morgan fingerprint density at radius 2 is 2.00 bits per heavy atom. The van der Waals surface area contributed by atoms with E-state index in [0.29, 0.717) is 23.7 Å². The number of non-ortho nitro benzene ring substituents is 1. The third-order valence-corrected chi connectivity index (χ3v) is 3.53. The number of azo groups is 1. The summed E-state index contributed by atoms with van der Waals surface area (Å²) in [5.41, 5.74) is 8.06. The maximum absolute atomic E-state index is 10.6. The molecule has 0 amide bonds. The van der Waals surface area contributed by atoms with Crippen molar-refractivity contribution in [2.45, 2.75) is 6.54 Å². The normalized spacial score (nSPS) is 10.7. The fourth-order valence-corrected chi connectivity index (χ4v) is 2.26. The maximum atomic E-state index is 10.6. The number of hydrogen-bond acceptors (Lipinski definition) is 6. The number of halogens is 1. The lowest BCUT2D eigenvalue weighted by atomic mass is 10.3. The first-order valence-electron chi connectivity index (χ1n) is 7.44. The van der Waals surface area contributed by atoms with Gasteiger partial charge in [0.15, 0.2) is 12.4 Å². The molecular formula is C16H16ClN7O2. The Morgan fingerprint density at radius 1 is 1.27 bits per heavy atom. The molecule has 0 fully saturated rings. The van der Waals surface area contributed by atoms with Gasteiger partial charge in [-0.1, -0.05) is 0 Å². The summed E-state index contributed by atoms with van der Waals surface area (Å²) in [5.74, 6) is 0.400. The molecule has 0 spiro atoms. The van der Waals surface area contributed by atoms with Gasteiger partial charge in [0.1, 0.15) is 18.6 Å². The van der Waals surface area contributed by atoms with Gasteiger partial charge in [0.05, 0.1) is 23.4 Å². The monoisotopic (exact) mass is 373 g/mol. The number of anilines is 1. The zero-order chi connectivity index (χ0) is 17.8. The quantitative estimate of drug-likeness (QED) is 0.285. The number of benzene rings is 1. The van der Waals surface area contributed by atoms with E-state index < -0.39 is 4.92 Å². The van der Waals surface area contributed by atoms with Crippen molar-refractivity contribution in [3.05, 3.63) is 70.7 Å². The highest BCUT2D eigenvalue weighted by Gasteiger charge is 2.09. The first kappa shape index (κ1) is 19.0. The van der Waals surface area contributed by atoms with Crippen LogP contribution in [-0.2, 0) is 13.6 Å². The summed E-state index contributed by atoms with van der Waals surface area (Å²) < 4.78 is 3.59. The molecule has 26 heavy (non-hydrogen) atoms. The number of rotatable bonds is 5. The molecule has 2 heterocycles. The number of pyridine rings is 1. The second-order valence-electron chi connectivity index (χ2n) is 5.42. The van der Waals surface area contributed by atoms with Gasteiger partial charge in [-0.15, -0.1) is 5.11 Å². The SMILES string of the molecule is C[n+]1cccc(Cn2ncc(N=Nc3ccc([N+](=O)[O-])cc3)c2N)c1.[Cl-]. The van der Waals surface area contributed by atoms with E-state index >= 15 is 0 Å². The van der Waals surface area contributed by atoms with Crippen molar-refractivity contribution in [2.75, 3.05) is 5.73 Å². The molecule has 0 atom stereocenters. The Morgan fingerprint density at radius 3 is 2.65 bits per heavy atom. The van der Waals surface area contributed by atoms with Gasteiger partial charge in [0.25, 0.3) is 5.69 Å². The number of nitrogens with zero attached hydrogens (tertiary/aromatic N) is 6. The number of nitro groups is 1. The first-order valence-corrected chi connectivity index (χ1v) is 7.44. The molecule has 0 bridgehead atoms. The lowest BCUT2D eigenvalue weighted by Crippen LogP contribution is -3.00. The number of nitro benzene ring substituents is 1. The highest BCUT2D eigenvalue weighted by atomic mass is 35.5. The topological polar surface area (TPSA) is 116 Å². The van der Waals surface area contributed by atoms with E-state index in [1.165, 1.54) is 30.5 Å². The van der Waals surface area contributed by atoms with Crippen molar-refractivity contribution in [3.63, 3.8) is 0 Å². The molecule has 0 aliphatic rings. The van der Waals surface area contributed by atoms with Crippen LogP contribution in [0.5, 0.6) is 0 Å². The highest BCUT2D eigenvalue weighted by Crippen LogP contribution is 2.25. The van der Waals surface area contributed by atoms with Gasteiger partial charge in [0, 0.05) is 23.8 Å². The second kappa shape index (κ2) is 8.17. The van der Waals surface area contributed by atoms with Crippen LogP contribution in [0.15, 0.2) is 65.2 Å². The average Bonchev–Trinajstić information content (AvgIpc) is 2.93. The number of aromatic nitrogens is 3. The van der Waals surface area contributed by atoms with Gasteiger partial charge in [0.2, 0.25) is 0 Å². The molecule has 0 aliphatic heterocycles. The van der Waals surface area contributed by atoms with Crippen LogP contribution in [0.25, 0.3) is 0 Å². The Bertz CT molecular complexity index is 938. The predicted octanol–water partition coefficient (Wildman–Crippen LogP) is -0.334. The molecule has 1 aromatic carbocycles. The van der Waals surface area contributed by atoms with Crippen molar-refractivity contribution >= 4 is 22.9 Å². The minimum atomic E-state index is -0.466. The van der Waals surface area contributed by atoms with Crippen molar-refractivity contribution in [3.8, 4) is 0 Å². The first-order chi connectivity index (χ1) is 12.0. The zero-order valence-corrected chi connectivity index (χ0v) is 14.6. The molecule has 0 saturated carbocycles. The summed E-state index contributed by atoms with van der Waals surface area (Å²) in [7, 11) is 1.94. The molecule has 3 rings (SSSR count). The number of nitrogen functional groups attached to an aromatic ring is 1. The van der Waals surface area contributed by atoms with E-state index in [2.05, 4.69) is 15.3 Å². The number of aryl methyl sites for hydroxylation is 1. The van der Waals surface area contributed by atoms with Crippen molar-refractivity contribution < 1.29 is 21.9 Å². The summed E-state index contributed by atoms with van der Waals surface area (Å²) >= 11 is 0. The zero-order valence-electron chi connectivity index (χ0n) is 13.9. The molecule has 0 saturated heterocycles. The van der Waals surface area contributed by atoms with E-state index in [-0.39, 0.29) is 18.1 Å². The van der Waals surface area contributed by atoms with Gasteiger partial charge >= 0.3 is 0 Å². The van der Waals surface area contributed by atoms with Crippen molar-refractivity contribution in [2.24, 2.45) is 17.3 Å². The summed E-state index contributed by atoms with van der Waals surface area (Å²) in [6.07, 6.45) is 5.46. The van der Waals surface area contributed by atoms with Gasteiger partial charge in [-0.2, -0.15) is 10.2 Å². The van der Waals surface area contributed by atoms with E-state index in [4.69, 9.17) is 5.73 Å². The second-order valence-corrected chi connectivity index (χ2v) is 5.42. The van der Waals surface area contributed by atoms with E-state index in [9.17, 15) is 10.1 Å². The average molecular weight is 374 g/mol. The molecule has 3 aromatic rings. The van der Waals surface area contributed by atoms with Crippen LogP contribution >= 0.6 is 0 Å². The van der Waals surface area contributed by atoms with Crippen LogP contribution in [0.3, 0.4) is 0 Å². The smallest absolute Gasteiger partial charge is 0.269 e. The van der Waals surface area contributed by atoms with Crippen LogP contribution < -0.4 is 22.7 Å². The van der Waals surface area contributed by atoms with Crippen molar-refractivity contribution in [1.29, 1.82) is 0 Å². The van der Waals surface area contributed by atoms with Crippen LogP contribution in [0, 0.1) is 10.1 Å². The molecule has 2 aromatic heterocycles. The van der Waals surface area contributed by atoms with E-state index in [1.807, 2.05) is 36.1 Å². The van der Waals surface area contributed by atoms with Gasteiger partial charge in [-0.3, -0.25) is 10.1 Å². The molecule has 0 unspecified atom stereocenters. The summed E-state index contributed by atoms with van der Waals surface area (Å²) in [4.78, 5) is 10.2. The summed E-state index contributed by atoms with van der Waals surface area (Å²) in [6.45, 7) is 0.521. The third-order valence-electron chi connectivity index (χ3n) is 3.53.